The predicted octanol–water partition coefficient (Wildman–Crippen LogP) is 3.33. The van der Waals surface area contributed by atoms with Crippen molar-refractivity contribution in [2.75, 3.05) is 6.54 Å². The van der Waals surface area contributed by atoms with Gasteiger partial charge in [-0.3, -0.25) is 9.48 Å². The van der Waals surface area contributed by atoms with Gasteiger partial charge in [-0.1, -0.05) is 23.8 Å². The lowest BCUT2D eigenvalue weighted by Gasteiger charge is -2.36. The van der Waals surface area contributed by atoms with Gasteiger partial charge in [-0.15, -0.1) is 0 Å². The highest BCUT2D eigenvalue weighted by atomic mass is 16.2. The van der Waals surface area contributed by atoms with Crippen LogP contribution in [0.2, 0.25) is 0 Å². The summed E-state index contributed by atoms with van der Waals surface area (Å²) < 4.78 is 1.90. The smallest absolute Gasteiger partial charge is 0.227 e. The largest absolute Gasteiger partial charge is 0.334 e. The Hall–Kier alpha value is -2.10. The molecule has 0 saturated carbocycles. The molecule has 0 unspecified atom stereocenters. The van der Waals surface area contributed by atoms with Crippen molar-refractivity contribution in [2.45, 2.75) is 45.6 Å². The Morgan fingerprint density at radius 1 is 1.26 bits per heavy atom. The van der Waals surface area contributed by atoms with Crippen molar-refractivity contribution >= 4 is 5.91 Å². The van der Waals surface area contributed by atoms with E-state index in [0.29, 0.717) is 6.42 Å². The number of amides is 1. The Bertz CT molecular complexity index is 704. The van der Waals surface area contributed by atoms with Gasteiger partial charge in [0.2, 0.25) is 5.91 Å². The zero-order valence-corrected chi connectivity index (χ0v) is 14.2. The fourth-order valence-electron chi connectivity index (χ4n) is 3.50. The van der Waals surface area contributed by atoms with E-state index in [0.717, 1.165) is 30.6 Å². The second kappa shape index (κ2) is 6.57. The number of carbonyl (C=O) groups is 1. The van der Waals surface area contributed by atoms with Gasteiger partial charge >= 0.3 is 0 Å². The van der Waals surface area contributed by atoms with Crippen LogP contribution >= 0.6 is 0 Å². The summed E-state index contributed by atoms with van der Waals surface area (Å²) >= 11 is 0. The quantitative estimate of drug-likeness (QED) is 0.872. The van der Waals surface area contributed by atoms with Gasteiger partial charge in [0, 0.05) is 19.8 Å². The first-order valence-corrected chi connectivity index (χ1v) is 8.40. The molecule has 2 aromatic rings. The van der Waals surface area contributed by atoms with Crippen LogP contribution in [0.15, 0.2) is 30.5 Å². The third-order valence-electron chi connectivity index (χ3n) is 4.87. The summed E-state index contributed by atoms with van der Waals surface area (Å²) in [5, 5.41) is 4.27. The summed E-state index contributed by atoms with van der Waals surface area (Å²) in [4.78, 5) is 15.0. The molecule has 0 spiro atoms. The van der Waals surface area contributed by atoms with Crippen molar-refractivity contribution in [2.24, 2.45) is 7.05 Å². The van der Waals surface area contributed by atoms with Crippen molar-refractivity contribution in [3.63, 3.8) is 0 Å². The van der Waals surface area contributed by atoms with Crippen LogP contribution < -0.4 is 0 Å². The number of benzene rings is 1. The summed E-state index contributed by atoms with van der Waals surface area (Å²) in [6, 6.07) is 8.54. The average molecular weight is 311 g/mol. The fourth-order valence-corrected chi connectivity index (χ4v) is 3.50. The minimum Gasteiger partial charge on any atom is -0.334 e. The van der Waals surface area contributed by atoms with Crippen molar-refractivity contribution in [3.05, 3.63) is 52.8 Å². The number of likely N-dealkylation sites (tertiary alicyclic amines) is 1. The van der Waals surface area contributed by atoms with Crippen molar-refractivity contribution in [1.29, 1.82) is 0 Å². The van der Waals surface area contributed by atoms with Crippen LogP contribution in [0.1, 0.15) is 47.7 Å². The highest BCUT2D eigenvalue weighted by molar-refractivity contribution is 5.79. The van der Waals surface area contributed by atoms with Crippen LogP contribution in [-0.4, -0.2) is 27.1 Å². The van der Waals surface area contributed by atoms with E-state index in [-0.39, 0.29) is 11.9 Å². The third-order valence-corrected chi connectivity index (χ3v) is 4.87. The summed E-state index contributed by atoms with van der Waals surface area (Å²) in [7, 11) is 1.96. The van der Waals surface area contributed by atoms with Gasteiger partial charge in [0.15, 0.2) is 0 Å². The van der Waals surface area contributed by atoms with Gasteiger partial charge in [0.25, 0.3) is 0 Å². The molecular weight excluding hydrogens is 286 g/mol. The van der Waals surface area contributed by atoms with Crippen molar-refractivity contribution in [1.82, 2.24) is 14.7 Å². The summed E-state index contributed by atoms with van der Waals surface area (Å²) in [6.07, 6.45) is 5.59. The topological polar surface area (TPSA) is 38.1 Å². The lowest BCUT2D eigenvalue weighted by Crippen LogP contribution is -2.40. The predicted molar refractivity (Wildman–Crippen MR) is 91.1 cm³/mol. The van der Waals surface area contributed by atoms with E-state index >= 15 is 0 Å². The van der Waals surface area contributed by atoms with Crippen LogP contribution in [0, 0.1) is 13.8 Å². The molecule has 122 valence electrons. The van der Waals surface area contributed by atoms with Crippen LogP contribution in [0.3, 0.4) is 0 Å². The second-order valence-electron chi connectivity index (χ2n) is 6.59. The monoisotopic (exact) mass is 311 g/mol. The minimum absolute atomic E-state index is 0.161. The zero-order valence-electron chi connectivity index (χ0n) is 14.2. The molecule has 0 radical (unpaired) electrons. The molecule has 2 heterocycles. The number of aryl methyl sites for hydroxylation is 3. The van der Waals surface area contributed by atoms with Gasteiger partial charge in [0.1, 0.15) is 0 Å². The van der Waals surface area contributed by atoms with E-state index in [1.165, 1.54) is 17.5 Å². The summed E-state index contributed by atoms with van der Waals surface area (Å²) in [5.41, 5.74) is 4.68. The molecule has 1 aromatic heterocycles. The van der Waals surface area contributed by atoms with E-state index in [1.807, 2.05) is 24.0 Å². The molecule has 1 atom stereocenters. The van der Waals surface area contributed by atoms with Crippen molar-refractivity contribution in [3.8, 4) is 0 Å². The maximum absolute atomic E-state index is 12.9. The Labute approximate surface area is 138 Å². The number of hydrogen-bond donors (Lipinski definition) is 0. The van der Waals surface area contributed by atoms with E-state index in [1.54, 1.807) is 0 Å². The van der Waals surface area contributed by atoms with Crippen LogP contribution in [0.5, 0.6) is 0 Å². The molecule has 23 heavy (non-hydrogen) atoms. The second-order valence-corrected chi connectivity index (χ2v) is 6.59. The first kappa shape index (κ1) is 15.8. The molecule has 0 bridgehead atoms. The molecule has 1 fully saturated rings. The fraction of sp³-hybridized carbons (Fsp3) is 0.474. The number of rotatable bonds is 3. The molecule has 1 saturated heterocycles. The molecule has 1 aromatic carbocycles. The Balaban J connectivity index is 1.82. The third kappa shape index (κ3) is 3.31. The maximum Gasteiger partial charge on any atom is 0.227 e. The maximum atomic E-state index is 12.9. The van der Waals surface area contributed by atoms with E-state index < -0.39 is 0 Å². The minimum atomic E-state index is 0.161. The van der Waals surface area contributed by atoms with E-state index in [2.05, 4.69) is 42.0 Å². The number of piperidine rings is 1. The number of aromatic nitrogens is 2. The molecule has 1 aliphatic rings. The summed E-state index contributed by atoms with van der Waals surface area (Å²) in [6.45, 7) is 5.00. The Morgan fingerprint density at radius 3 is 2.83 bits per heavy atom. The number of carbonyl (C=O) groups excluding carboxylic acids is 1. The SMILES string of the molecule is Cc1ccc(C)c(CC(=O)N2CCCC[C@@H]2c2ccnn2C)c1. The van der Waals surface area contributed by atoms with E-state index in [4.69, 9.17) is 0 Å². The van der Waals surface area contributed by atoms with E-state index in [9.17, 15) is 4.79 Å². The van der Waals surface area contributed by atoms with Crippen molar-refractivity contribution < 1.29 is 4.79 Å². The van der Waals surface area contributed by atoms with Gasteiger partial charge in [0.05, 0.1) is 18.2 Å². The molecular formula is C19H25N3O. The molecule has 4 nitrogen and oxygen atoms in total. The molecule has 0 N–H and O–H groups in total. The molecule has 0 aliphatic carbocycles. The Kier molecular flexibility index (Phi) is 4.51. The molecule has 1 amide bonds. The standard InChI is InChI=1S/C19H25N3O/c1-14-7-8-15(2)16(12-14)13-19(23)22-11-5-4-6-18(22)17-9-10-20-21(17)3/h7-10,12,18H,4-6,11,13H2,1-3H3/t18-/m1/s1. The highest BCUT2D eigenvalue weighted by Gasteiger charge is 2.29. The van der Waals surface area contributed by atoms with Gasteiger partial charge < -0.3 is 4.90 Å². The number of nitrogens with zero attached hydrogens (tertiary/aromatic N) is 3. The van der Waals surface area contributed by atoms with Gasteiger partial charge in [-0.05, 0) is 50.3 Å². The molecule has 1 aliphatic heterocycles. The normalized spacial score (nSPS) is 18.2. The van der Waals surface area contributed by atoms with Gasteiger partial charge in [-0.25, -0.2) is 0 Å². The zero-order chi connectivity index (χ0) is 16.4. The lowest BCUT2D eigenvalue weighted by atomic mass is 9.97. The van der Waals surface area contributed by atoms with Crippen LogP contribution in [0.25, 0.3) is 0 Å². The average Bonchev–Trinajstić information content (AvgIpc) is 2.97. The van der Waals surface area contributed by atoms with Crippen LogP contribution in [-0.2, 0) is 18.3 Å². The first-order chi connectivity index (χ1) is 11.1. The molecule has 4 heteroatoms. The molecule has 3 rings (SSSR count). The lowest BCUT2D eigenvalue weighted by molar-refractivity contribution is -0.134. The number of hydrogen-bond acceptors (Lipinski definition) is 2. The highest BCUT2D eigenvalue weighted by Crippen LogP contribution is 2.31. The first-order valence-electron chi connectivity index (χ1n) is 8.40. The summed E-state index contributed by atoms with van der Waals surface area (Å²) in [5.74, 6) is 0.226. The van der Waals surface area contributed by atoms with Gasteiger partial charge in [-0.2, -0.15) is 5.10 Å². The van der Waals surface area contributed by atoms with Crippen LogP contribution in [0.4, 0.5) is 0 Å². The Morgan fingerprint density at radius 2 is 2.09 bits per heavy atom.